The number of amides is 1. The highest BCUT2D eigenvalue weighted by atomic mass is 16.5. The molecule has 24 heavy (non-hydrogen) atoms. The lowest BCUT2D eigenvalue weighted by atomic mass is 10.1. The number of aryl methyl sites for hydroxylation is 2. The molecule has 0 spiro atoms. The molecular weight excluding hydrogens is 308 g/mol. The van der Waals surface area contributed by atoms with Gasteiger partial charge in [0.05, 0.1) is 6.54 Å². The highest BCUT2D eigenvalue weighted by molar-refractivity contribution is 5.94. The SMILES string of the molecule is Cc1cc(C)nc(OC2CCCN(C(=O)c3cc[nH]c(=O)c3)C2)n1. The van der Waals surface area contributed by atoms with Gasteiger partial charge in [0.15, 0.2) is 0 Å². The van der Waals surface area contributed by atoms with E-state index < -0.39 is 0 Å². The van der Waals surface area contributed by atoms with Gasteiger partial charge in [-0.1, -0.05) is 0 Å². The van der Waals surface area contributed by atoms with Crippen LogP contribution in [0.3, 0.4) is 0 Å². The number of carbonyl (C=O) groups excluding carboxylic acids is 1. The molecule has 1 aliphatic rings. The quantitative estimate of drug-likeness (QED) is 0.921. The Morgan fingerprint density at radius 3 is 2.75 bits per heavy atom. The number of likely N-dealkylation sites (tertiary alicyclic amines) is 1. The second kappa shape index (κ2) is 6.82. The molecule has 3 heterocycles. The number of ether oxygens (including phenoxy) is 1. The molecular formula is C17H20N4O3. The summed E-state index contributed by atoms with van der Waals surface area (Å²) in [6.45, 7) is 4.90. The highest BCUT2D eigenvalue weighted by Crippen LogP contribution is 2.18. The van der Waals surface area contributed by atoms with Gasteiger partial charge in [0.1, 0.15) is 6.10 Å². The third kappa shape index (κ3) is 3.79. The summed E-state index contributed by atoms with van der Waals surface area (Å²) in [6, 6.07) is 5.17. The smallest absolute Gasteiger partial charge is 0.317 e. The maximum Gasteiger partial charge on any atom is 0.317 e. The van der Waals surface area contributed by atoms with E-state index in [1.807, 2.05) is 19.9 Å². The van der Waals surface area contributed by atoms with E-state index >= 15 is 0 Å². The van der Waals surface area contributed by atoms with Gasteiger partial charge in [0.2, 0.25) is 5.56 Å². The monoisotopic (exact) mass is 328 g/mol. The second-order valence-electron chi connectivity index (χ2n) is 6.01. The fourth-order valence-corrected chi connectivity index (χ4v) is 2.87. The maximum atomic E-state index is 12.5. The number of pyridine rings is 1. The van der Waals surface area contributed by atoms with Crippen LogP contribution in [0.5, 0.6) is 6.01 Å². The molecule has 1 amide bonds. The number of nitrogens with one attached hydrogen (secondary N) is 1. The van der Waals surface area contributed by atoms with Crippen molar-refractivity contribution in [2.75, 3.05) is 13.1 Å². The molecule has 3 rings (SSSR count). The first-order valence-electron chi connectivity index (χ1n) is 7.98. The van der Waals surface area contributed by atoms with Gasteiger partial charge < -0.3 is 14.6 Å². The van der Waals surface area contributed by atoms with Crippen molar-refractivity contribution in [3.05, 3.63) is 51.7 Å². The Balaban J connectivity index is 1.70. The van der Waals surface area contributed by atoms with E-state index in [0.29, 0.717) is 24.7 Å². The topological polar surface area (TPSA) is 88.2 Å². The van der Waals surface area contributed by atoms with Crippen LogP contribution in [0.25, 0.3) is 0 Å². The van der Waals surface area contributed by atoms with E-state index in [4.69, 9.17) is 4.74 Å². The standard InChI is InChI=1S/C17H20N4O3/c1-11-8-12(2)20-17(19-11)24-14-4-3-7-21(10-14)16(23)13-5-6-18-15(22)9-13/h5-6,8-9,14H,3-4,7,10H2,1-2H3,(H,18,22). The van der Waals surface area contributed by atoms with Crippen molar-refractivity contribution >= 4 is 5.91 Å². The molecule has 0 saturated carbocycles. The Kier molecular flexibility index (Phi) is 4.59. The van der Waals surface area contributed by atoms with E-state index in [1.165, 1.54) is 12.3 Å². The molecule has 2 aromatic rings. The van der Waals surface area contributed by atoms with Crippen LogP contribution in [0.4, 0.5) is 0 Å². The summed E-state index contributed by atoms with van der Waals surface area (Å²) in [4.78, 5) is 36.7. The normalized spacial score (nSPS) is 17.6. The zero-order valence-corrected chi connectivity index (χ0v) is 13.8. The van der Waals surface area contributed by atoms with Crippen LogP contribution >= 0.6 is 0 Å². The largest absolute Gasteiger partial charge is 0.458 e. The van der Waals surface area contributed by atoms with Gasteiger partial charge in [-0.05, 0) is 38.8 Å². The molecule has 1 fully saturated rings. The van der Waals surface area contributed by atoms with Crippen molar-refractivity contribution in [3.63, 3.8) is 0 Å². The molecule has 1 N–H and O–H groups in total. The maximum absolute atomic E-state index is 12.5. The Labute approximate surface area is 139 Å². The number of hydrogen-bond acceptors (Lipinski definition) is 5. The summed E-state index contributed by atoms with van der Waals surface area (Å²) in [5.41, 5.74) is 1.81. The number of piperidine rings is 1. The zero-order chi connectivity index (χ0) is 17.1. The van der Waals surface area contributed by atoms with E-state index in [2.05, 4.69) is 15.0 Å². The summed E-state index contributed by atoms with van der Waals surface area (Å²) in [6.07, 6.45) is 3.02. The second-order valence-corrected chi connectivity index (χ2v) is 6.01. The van der Waals surface area contributed by atoms with Crippen LogP contribution in [-0.2, 0) is 0 Å². The van der Waals surface area contributed by atoms with Crippen molar-refractivity contribution < 1.29 is 9.53 Å². The van der Waals surface area contributed by atoms with Gasteiger partial charge in [-0.2, -0.15) is 0 Å². The van der Waals surface area contributed by atoms with Gasteiger partial charge in [0.25, 0.3) is 5.91 Å². The number of rotatable bonds is 3. The molecule has 2 aromatic heterocycles. The first-order valence-corrected chi connectivity index (χ1v) is 7.98. The van der Waals surface area contributed by atoms with Gasteiger partial charge in [-0.3, -0.25) is 9.59 Å². The Bertz CT molecular complexity index is 782. The average molecular weight is 328 g/mol. The Morgan fingerprint density at radius 1 is 1.29 bits per heavy atom. The minimum Gasteiger partial charge on any atom is -0.458 e. The van der Waals surface area contributed by atoms with Gasteiger partial charge >= 0.3 is 6.01 Å². The fraction of sp³-hybridized carbons (Fsp3) is 0.412. The third-order valence-electron chi connectivity index (χ3n) is 3.92. The molecule has 7 heteroatoms. The molecule has 0 aliphatic carbocycles. The zero-order valence-electron chi connectivity index (χ0n) is 13.8. The first kappa shape index (κ1) is 16.2. The van der Waals surface area contributed by atoms with Gasteiger partial charge in [-0.15, -0.1) is 0 Å². The lowest BCUT2D eigenvalue weighted by Crippen LogP contribution is -2.44. The molecule has 0 radical (unpaired) electrons. The molecule has 0 bridgehead atoms. The Hall–Kier alpha value is -2.70. The average Bonchev–Trinajstić information content (AvgIpc) is 2.53. The number of carbonyl (C=O) groups is 1. The van der Waals surface area contributed by atoms with E-state index in [1.54, 1.807) is 11.0 Å². The molecule has 1 aliphatic heterocycles. The molecule has 126 valence electrons. The molecule has 0 aromatic carbocycles. The van der Waals surface area contributed by atoms with E-state index in [0.717, 1.165) is 24.2 Å². The third-order valence-corrected chi connectivity index (χ3v) is 3.92. The lowest BCUT2D eigenvalue weighted by molar-refractivity contribution is 0.0514. The number of nitrogens with zero attached hydrogens (tertiary/aromatic N) is 3. The predicted molar refractivity (Wildman–Crippen MR) is 88.1 cm³/mol. The minimum absolute atomic E-state index is 0.147. The summed E-state index contributed by atoms with van der Waals surface area (Å²) in [5.74, 6) is -0.157. The summed E-state index contributed by atoms with van der Waals surface area (Å²) in [5, 5.41) is 0. The summed E-state index contributed by atoms with van der Waals surface area (Å²) >= 11 is 0. The predicted octanol–water partition coefficient (Wildman–Crippen LogP) is 1.47. The van der Waals surface area contributed by atoms with Crippen LogP contribution in [0, 0.1) is 13.8 Å². The van der Waals surface area contributed by atoms with Gasteiger partial charge in [0, 0.05) is 35.8 Å². The van der Waals surface area contributed by atoms with Gasteiger partial charge in [-0.25, -0.2) is 9.97 Å². The summed E-state index contributed by atoms with van der Waals surface area (Å²) in [7, 11) is 0. The van der Waals surface area contributed by atoms with E-state index in [9.17, 15) is 9.59 Å². The van der Waals surface area contributed by atoms with Crippen molar-refractivity contribution in [3.8, 4) is 6.01 Å². The first-order chi connectivity index (χ1) is 11.5. The van der Waals surface area contributed by atoms with Crippen molar-refractivity contribution in [1.82, 2.24) is 19.9 Å². The summed E-state index contributed by atoms with van der Waals surface area (Å²) < 4.78 is 5.87. The molecule has 1 saturated heterocycles. The number of aromatic nitrogens is 3. The van der Waals surface area contributed by atoms with Crippen molar-refractivity contribution in [2.24, 2.45) is 0 Å². The number of H-pyrrole nitrogens is 1. The van der Waals surface area contributed by atoms with Crippen LogP contribution in [0.15, 0.2) is 29.2 Å². The number of aromatic amines is 1. The van der Waals surface area contributed by atoms with Crippen LogP contribution in [-0.4, -0.2) is 45.0 Å². The molecule has 7 nitrogen and oxygen atoms in total. The van der Waals surface area contributed by atoms with Crippen LogP contribution in [0.1, 0.15) is 34.6 Å². The van der Waals surface area contributed by atoms with E-state index in [-0.39, 0.29) is 17.6 Å². The van der Waals surface area contributed by atoms with Crippen LogP contribution in [0.2, 0.25) is 0 Å². The highest BCUT2D eigenvalue weighted by Gasteiger charge is 2.26. The molecule has 1 unspecified atom stereocenters. The van der Waals surface area contributed by atoms with Crippen molar-refractivity contribution in [1.29, 1.82) is 0 Å². The van der Waals surface area contributed by atoms with Crippen molar-refractivity contribution in [2.45, 2.75) is 32.8 Å². The molecule has 1 atom stereocenters. The minimum atomic E-state index is -0.283. The van der Waals surface area contributed by atoms with Crippen LogP contribution < -0.4 is 10.3 Å². The fourth-order valence-electron chi connectivity index (χ4n) is 2.87. The number of hydrogen-bond donors (Lipinski definition) is 1. The Morgan fingerprint density at radius 2 is 2.04 bits per heavy atom. The lowest BCUT2D eigenvalue weighted by Gasteiger charge is -2.32.